The van der Waals surface area contributed by atoms with Crippen LogP contribution < -0.4 is 5.32 Å². The number of hydrogen-bond acceptors (Lipinski definition) is 6. The monoisotopic (exact) mass is 734 g/mol. The molecule has 1 aromatic heterocycles. The first-order valence-corrected chi connectivity index (χ1v) is 16.1. The smallest absolute Gasteiger partial charge is 0.433 e. The lowest BCUT2D eigenvalue weighted by molar-refractivity contribution is -0.160. The molecule has 8 nitrogen and oxygen atoms in total. The third kappa shape index (κ3) is 6.94. The van der Waals surface area contributed by atoms with Crippen molar-refractivity contribution >= 4 is 17.5 Å². The minimum atomic E-state index is -4.88. The van der Waals surface area contributed by atoms with Gasteiger partial charge in [-0.25, -0.2) is 13.8 Å². The number of rotatable bonds is 5. The van der Waals surface area contributed by atoms with Crippen LogP contribution in [0.25, 0.3) is 11.1 Å². The molecule has 1 saturated heterocycles. The molecule has 2 aliphatic heterocycles. The van der Waals surface area contributed by atoms with Crippen molar-refractivity contribution in [1.82, 2.24) is 15.0 Å². The van der Waals surface area contributed by atoms with E-state index in [1.807, 2.05) is 0 Å². The number of pyridine rings is 1. The number of nitrogens with zero attached hydrogens (tertiary/aromatic N) is 3. The lowest BCUT2D eigenvalue weighted by Gasteiger charge is -2.46. The summed E-state index contributed by atoms with van der Waals surface area (Å²) in [5.41, 5.74) is -7.66. The largest absolute Gasteiger partial charge is 0.509 e. The molecule has 0 spiro atoms. The number of benzene rings is 2. The van der Waals surface area contributed by atoms with Gasteiger partial charge < -0.3 is 15.5 Å². The highest BCUT2D eigenvalue weighted by molar-refractivity contribution is 6.24. The first kappa shape index (κ1) is 36.8. The molecule has 0 unspecified atom stereocenters. The number of carbonyl (C=O) groups excluding carboxylic acids is 2. The van der Waals surface area contributed by atoms with Gasteiger partial charge in [-0.05, 0) is 81.8 Å². The van der Waals surface area contributed by atoms with Crippen molar-refractivity contribution in [2.75, 3.05) is 11.9 Å². The predicted molar refractivity (Wildman–Crippen MR) is 170 cm³/mol. The Bertz CT molecular complexity index is 2010. The number of halogens is 8. The summed E-state index contributed by atoms with van der Waals surface area (Å²) < 4.78 is 111. The number of alkyl halides is 6. The second-order valence-electron chi connectivity index (χ2n) is 13.1. The predicted octanol–water partition coefficient (Wildman–Crippen LogP) is 7.28. The van der Waals surface area contributed by atoms with Crippen LogP contribution in [0.5, 0.6) is 0 Å². The Morgan fingerprint density at radius 2 is 1.63 bits per heavy atom. The van der Waals surface area contributed by atoms with Gasteiger partial charge in [-0.2, -0.15) is 26.3 Å². The van der Waals surface area contributed by atoms with E-state index >= 15 is 8.78 Å². The average Bonchev–Trinajstić information content (AvgIpc) is 3.69. The van der Waals surface area contributed by atoms with E-state index in [-0.39, 0.29) is 29.8 Å². The molecule has 3 aliphatic rings. The Labute approximate surface area is 291 Å². The minimum absolute atomic E-state index is 0.0525. The van der Waals surface area contributed by atoms with Gasteiger partial charge in [0.25, 0.3) is 11.8 Å². The standard InChI is InChI=1S/C36H30F8N4O4/c1-33-10-4-14-48(33)47(19-24-25(37)15-20(16-26(24)38)9-13-34(52)11-2-3-12-34)32(51)29(30(33)49)31(50)46-27-7-6-22(35(39,40)41)17-23(27)21-5-8-28(45-18-21)36(42,43)44/h5-8,15-18,49,52H,2-4,10-12,14,19H2,1H3,(H,46,50)/t33-/m1/s1. The molecule has 2 aromatic carbocycles. The molecule has 0 bridgehead atoms. The van der Waals surface area contributed by atoms with Crippen molar-refractivity contribution in [1.29, 1.82) is 0 Å². The van der Waals surface area contributed by atoms with Crippen LogP contribution in [-0.2, 0) is 28.5 Å². The second kappa shape index (κ2) is 13.2. The molecule has 1 aliphatic carbocycles. The number of aliphatic hydroxyl groups excluding tert-OH is 1. The molecular formula is C36H30F8N4O4. The third-order valence-corrected chi connectivity index (χ3v) is 9.60. The molecule has 274 valence electrons. The Hall–Kier alpha value is -5.01. The topological polar surface area (TPSA) is 106 Å². The van der Waals surface area contributed by atoms with Crippen molar-refractivity contribution in [3.05, 3.63) is 94.0 Å². The Balaban J connectivity index is 1.33. The summed E-state index contributed by atoms with van der Waals surface area (Å²) in [5.74, 6) is -0.0334. The van der Waals surface area contributed by atoms with Gasteiger partial charge >= 0.3 is 12.4 Å². The molecule has 6 rings (SSSR count). The van der Waals surface area contributed by atoms with Crippen molar-refractivity contribution in [2.24, 2.45) is 0 Å². The molecule has 3 N–H and O–H groups in total. The molecule has 0 radical (unpaired) electrons. The number of hydrogen-bond donors (Lipinski definition) is 3. The molecule has 1 atom stereocenters. The van der Waals surface area contributed by atoms with Gasteiger partial charge in [-0.15, -0.1) is 0 Å². The molecule has 16 heteroatoms. The van der Waals surface area contributed by atoms with Crippen molar-refractivity contribution in [3.8, 4) is 23.0 Å². The first-order chi connectivity index (χ1) is 24.3. The van der Waals surface area contributed by atoms with Crippen molar-refractivity contribution in [2.45, 2.75) is 75.5 Å². The van der Waals surface area contributed by atoms with E-state index in [0.717, 1.165) is 42.1 Å². The van der Waals surface area contributed by atoms with Gasteiger partial charge in [0.05, 0.1) is 17.6 Å². The fourth-order valence-corrected chi connectivity index (χ4v) is 6.77. The summed E-state index contributed by atoms with van der Waals surface area (Å²) in [4.78, 5) is 31.0. The number of amides is 2. The summed E-state index contributed by atoms with van der Waals surface area (Å²) >= 11 is 0. The van der Waals surface area contributed by atoms with E-state index in [1.165, 1.54) is 11.9 Å². The number of fused-ring (bicyclic) bond motifs is 1. The van der Waals surface area contributed by atoms with Gasteiger partial charge in [-0.3, -0.25) is 19.6 Å². The summed E-state index contributed by atoms with van der Waals surface area (Å²) in [6, 6.07) is 5.32. The van der Waals surface area contributed by atoms with Crippen LogP contribution in [0.3, 0.4) is 0 Å². The number of nitrogens with one attached hydrogen (secondary N) is 1. The van der Waals surface area contributed by atoms with Crippen LogP contribution >= 0.6 is 0 Å². The highest BCUT2D eigenvalue weighted by Gasteiger charge is 2.53. The van der Waals surface area contributed by atoms with Crippen molar-refractivity contribution < 1.29 is 54.9 Å². The van der Waals surface area contributed by atoms with Crippen LogP contribution in [0.4, 0.5) is 40.8 Å². The zero-order chi connectivity index (χ0) is 37.8. The van der Waals surface area contributed by atoms with Crippen LogP contribution in [0.2, 0.25) is 0 Å². The second-order valence-corrected chi connectivity index (χ2v) is 13.1. The maximum absolute atomic E-state index is 15.4. The fraction of sp³-hybridized carbons (Fsp3) is 0.361. The number of hydrazine groups is 1. The van der Waals surface area contributed by atoms with E-state index in [9.17, 15) is 46.1 Å². The first-order valence-electron chi connectivity index (χ1n) is 16.1. The molecule has 1 saturated carbocycles. The maximum atomic E-state index is 15.4. The highest BCUT2D eigenvalue weighted by Crippen LogP contribution is 2.43. The number of anilines is 1. The molecule has 3 heterocycles. The Morgan fingerprint density at radius 1 is 0.962 bits per heavy atom. The lowest BCUT2D eigenvalue weighted by atomic mass is 9.90. The summed E-state index contributed by atoms with van der Waals surface area (Å²) in [6.45, 7) is 0.922. The maximum Gasteiger partial charge on any atom is 0.433 e. The minimum Gasteiger partial charge on any atom is -0.509 e. The van der Waals surface area contributed by atoms with Crippen LogP contribution in [-0.4, -0.2) is 54.7 Å². The van der Waals surface area contributed by atoms with Crippen molar-refractivity contribution in [3.63, 3.8) is 0 Å². The van der Waals surface area contributed by atoms with E-state index in [0.29, 0.717) is 43.7 Å². The Morgan fingerprint density at radius 3 is 2.23 bits per heavy atom. The zero-order valence-corrected chi connectivity index (χ0v) is 27.4. The molecule has 2 fully saturated rings. The normalized spacial score (nSPS) is 20.5. The SMILES string of the molecule is C[C@]12CCCN1N(Cc1c(F)cc(C#CC3(O)CCCC3)cc1F)C(=O)C(C(=O)Nc1ccc(C(F)(F)F)cc1-c1ccc(C(F)(F)F)nc1)=C2O. The van der Waals surface area contributed by atoms with Crippen LogP contribution in [0.15, 0.2) is 60.0 Å². The third-order valence-electron chi connectivity index (χ3n) is 9.60. The molecule has 3 aromatic rings. The van der Waals surface area contributed by atoms with E-state index in [2.05, 4.69) is 22.1 Å². The number of aromatic nitrogens is 1. The summed E-state index contributed by atoms with van der Waals surface area (Å²) in [6.07, 6.45) is -6.08. The van der Waals surface area contributed by atoms with Gasteiger partial charge in [0.15, 0.2) is 0 Å². The van der Waals surface area contributed by atoms with Gasteiger partial charge in [0, 0.05) is 40.7 Å². The fourth-order valence-electron chi connectivity index (χ4n) is 6.77. The molecular weight excluding hydrogens is 704 g/mol. The average molecular weight is 735 g/mol. The van der Waals surface area contributed by atoms with Crippen LogP contribution in [0, 0.1) is 23.5 Å². The van der Waals surface area contributed by atoms with E-state index in [4.69, 9.17) is 0 Å². The molecule has 52 heavy (non-hydrogen) atoms. The zero-order valence-electron chi connectivity index (χ0n) is 27.4. The van der Waals surface area contributed by atoms with Gasteiger partial charge in [0.2, 0.25) is 0 Å². The Kier molecular flexibility index (Phi) is 9.33. The molecule has 2 amide bonds. The van der Waals surface area contributed by atoms with Gasteiger partial charge in [-0.1, -0.05) is 17.9 Å². The van der Waals surface area contributed by atoms with Gasteiger partial charge in [0.1, 0.15) is 34.3 Å². The highest BCUT2D eigenvalue weighted by atomic mass is 19.4. The van der Waals surface area contributed by atoms with E-state index < -0.39 is 87.2 Å². The summed E-state index contributed by atoms with van der Waals surface area (Å²) in [7, 11) is 0. The van der Waals surface area contributed by atoms with E-state index in [1.54, 1.807) is 0 Å². The number of aliphatic hydroxyl groups is 2. The van der Waals surface area contributed by atoms with Crippen LogP contribution in [0.1, 0.15) is 67.8 Å². The summed E-state index contributed by atoms with van der Waals surface area (Å²) in [5, 5.41) is 26.4. The quantitative estimate of drug-likeness (QED) is 0.145. The lowest BCUT2D eigenvalue weighted by Crippen LogP contribution is -2.60. The number of carbonyl (C=O) groups is 2.